The van der Waals surface area contributed by atoms with Gasteiger partial charge in [0.25, 0.3) is 0 Å². The molecule has 0 spiro atoms. The molecule has 2 aromatic rings. The smallest absolute Gasteiger partial charge is 0.128 e. The van der Waals surface area contributed by atoms with Gasteiger partial charge < -0.3 is 4.74 Å². The molecule has 1 aromatic heterocycles. The van der Waals surface area contributed by atoms with Gasteiger partial charge in [0.05, 0.1) is 24.9 Å². The molecule has 4 heteroatoms. The normalized spacial score (nSPS) is 10.5. The van der Waals surface area contributed by atoms with Crippen molar-refractivity contribution >= 4 is 0 Å². The molecule has 0 fully saturated rings. The lowest BCUT2D eigenvalue weighted by Crippen LogP contribution is -2.03. The molecule has 98 valence electrons. The Morgan fingerprint density at radius 3 is 2.84 bits per heavy atom. The number of rotatable bonds is 4. The van der Waals surface area contributed by atoms with E-state index in [1.165, 1.54) is 0 Å². The number of nitrogens with zero attached hydrogens (tertiary/aromatic N) is 3. The SMILES string of the molecule is COc1cc(C#N)ccc1-c1cnn(CC(C)C)c1. The van der Waals surface area contributed by atoms with Crippen molar-refractivity contribution < 1.29 is 4.74 Å². The van der Waals surface area contributed by atoms with Gasteiger partial charge >= 0.3 is 0 Å². The molecule has 2 rings (SSSR count). The van der Waals surface area contributed by atoms with Crippen LogP contribution in [0.3, 0.4) is 0 Å². The number of nitriles is 1. The average molecular weight is 255 g/mol. The van der Waals surface area contributed by atoms with E-state index in [0.29, 0.717) is 17.2 Å². The molecule has 1 aromatic carbocycles. The van der Waals surface area contributed by atoms with Crippen molar-refractivity contribution in [3.63, 3.8) is 0 Å². The topological polar surface area (TPSA) is 50.8 Å². The van der Waals surface area contributed by atoms with Crippen molar-refractivity contribution in [2.75, 3.05) is 7.11 Å². The molecule has 0 aliphatic heterocycles. The molecule has 0 aliphatic carbocycles. The first-order chi connectivity index (χ1) is 9.13. The summed E-state index contributed by atoms with van der Waals surface area (Å²) in [6.45, 7) is 5.20. The second-order valence-corrected chi connectivity index (χ2v) is 4.87. The Hall–Kier alpha value is -2.28. The third kappa shape index (κ3) is 2.94. The molecule has 0 N–H and O–H groups in total. The molecular weight excluding hydrogens is 238 g/mol. The number of benzene rings is 1. The maximum atomic E-state index is 8.90. The van der Waals surface area contributed by atoms with Gasteiger partial charge in [-0.25, -0.2) is 0 Å². The van der Waals surface area contributed by atoms with E-state index >= 15 is 0 Å². The van der Waals surface area contributed by atoms with Gasteiger partial charge in [0.15, 0.2) is 0 Å². The van der Waals surface area contributed by atoms with Crippen LogP contribution in [0.25, 0.3) is 11.1 Å². The number of ether oxygens (including phenoxy) is 1. The van der Waals surface area contributed by atoms with Crippen molar-refractivity contribution in [2.24, 2.45) is 5.92 Å². The van der Waals surface area contributed by atoms with Crippen molar-refractivity contribution in [3.05, 3.63) is 36.2 Å². The summed E-state index contributed by atoms with van der Waals surface area (Å²) < 4.78 is 7.27. The monoisotopic (exact) mass is 255 g/mol. The average Bonchev–Trinajstić information content (AvgIpc) is 2.85. The molecule has 0 unspecified atom stereocenters. The Bertz CT molecular complexity index is 608. The minimum Gasteiger partial charge on any atom is -0.496 e. The molecule has 0 atom stereocenters. The Labute approximate surface area is 113 Å². The Morgan fingerprint density at radius 1 is 1.42 bits per heavy atom. The lowest BCUT2D eigenvalue weighted by Gasteiger charge is -2.07. The third-order valence-electron chi connectivity index (χ3n) is 2.83. The quantitative estimate of drug-likeness (QED) is 0.843. The highest BCUT2D eigenvalue weighted by atomic mass is 16.5. The van der Waals surface area contributed by atoms with E-state index in [9.17, 15) is 0 Å². The Balaban J connectivity index is 2.36. The molecule has 4 nitrogen and oxygen atoms in total. The van der Waals surface area contributed by atoms with Crippen LogP contribution in [-0.4, -0.2) is 16.9 Å². The standard InChI is InChI=1S/C15H17N3O/c1-11(2)9-18-10-13(8-17-18)14-5-4-12(7-16)6-15(14)19-3/h4-6,8,10-11H,9H2,1-3H3. The zero-order valence-corrected chi connectivity index (χ0v) is 11.4. The van der Waals surface area contributed by atoms with Gasteiger partial charge in [-0.2, -0.15) is 10.4 Å². The predicted molar refractivity (Wildman–Crippen MR) is 73.8 cm³/mol. The van der Waals surface area contributed by atoms with E-state index < -0.39 is 0 Å². The first kappa shape index (κ1) is 13.2. The summed E-state index contributed by atoms with van der Waals surface area (Å²) in [5, 5.41) is 13.2. The highest BCUT2D eigenvalue weighted by Gasteiger charge is 2.09. The van der Waals surface area contributed by atoms with Crippen LogP contribution < -0.4 is 4.74 Å². The van der Waals surface area contributed by atoms with E-state index in [1.807, 2.05) is 23.1 Å². The van der Waals surface area contributed by atoms with Crippen LogP contribution in [0.2, 0.25) is 0 Å². The zero-order valence-electron chi connectivity index (χ0n) is 11.4. The zero-order chi connectivity index (χ0) is 13.8. The van der Waals surface area contributed by atoms with Crippen LogP contribution in [0.4, 0.5) is 0 Å². The van der Waals surface area contributed by atoms with Crippen LogP contribution in [-0.2, 0) is 6.54 Å². The van der Waals surface area contributed by atoms with Crippen molar-refractivity contribution in [1.29, 1.82) is 5.26 Å². The minimum atomic E-state index is 0.551. The number of methoxy groups -OCH3 is 1. The summed E-state index contributed by atoms with van der Waals surface area (Å²) in [5.41, 5.74) is 2.55. The van der Waals surface area contributed by atoms with Gasteiger partial charge in [0.2, 0.25) is 0 Å². The minimum absolute atomic E-state index is 0.551. The summed E-state index contributed by atoms with van der Waals surface area (Å²) in [4.78, 5) is 0. The van der Waals surface area contributed by atoms with E-state index in [-0.39, 0.29) is 0 Å². The Kier molecular flexibility index (Phi) is 3.86. The number of hydrogen-bond acceptors (Lipinski definition) is 3. The van der Waals surface area contributed by atoms with Crippen LogP contribution in [0.5, 0.6) is 5.75 Å². The van der Waals surface area contributed by atoms with Gasteiger partial charge in [-0.05, 0) is 24.1 Å². The second-order valence-electron chi connectivity index (χ2n) is 4.87. The summed E-state index contributed by atoms with van der Waals surface area (Å²) in [5.74, 6) is 1.25. The fourth-order valence-corrected chi connectivity index (χ4v) is 1.98. The van der Waals surface area contributed by atoms with Crippen LogP contribution in [0.1, 0.15) is 19.4 Å². The van der Waals surface area contributed by atoms with Crippen molar-refractivity contribution in [3.8, 4) is 22.9 Å². The van der Waals surface area contributed by atoms with Gasteiger partial charge in [-0.3, -0.25) is 4.68 Å². The summed E-state index contributed by atoms with van der Waals surface area (Å²) in [6, 6.07) is 7.54. The number of aromatic nitrogens is 2. The predicted octanol–water partition coefficient (Wildman–Crippen LogP) is 3.09. The maximum Gasteiger partial charge on any atom is 0.128 e. The molecule has 0 amide bonds. The summed E-state index contributed by atoms with van der Waals surface area (Å²) in [6.07, 6.45) is 3.83. The lowest BCUT2D eigenvalue weighted by atomic mass is 10.1. The third-order valence-corrected chi connectivity index (χ3v) is 2.83. The molecular formula is C15H17N3O. The van der Waals surface area contributed by atoms with Gasteiger partial charge in [-0.1, -0.05) is 13.8 Å². The summed E-state index contributed by atoms with van der Waals surface area (Å²) >= 11 is 0. The van der Waals surface area contributed by atoms with Crippen LogP contribution in [0, 0.1) is 17.2 Å². The maximum absolute atomic E-state index is 8.90. The van der Waals surface area contributed by atoms with Crippen LogP contribution in [0.15, 0.2) is 30.6 Å². The van der Waals surface area contributed by atoms with Gasteiger partial charge in [-0.15, -0.1) is 0 Å². The highest BCUT2D eigenvalue weighted by Crippen LogP contribution is 2.30. The van der Waals surface area contributed by atoms with E-state index in [2.05, 4.69) is 25.0 Å². The fourth-order valence-electron chi connectivity index (χ4n) is 1.98. The first-order valence-corrected chi connectivity index (χ1v) is 6.25. The molecule has 0 saturated heterocycles. The molecule has 0 bridgehead atoms. The molecule has 0 aliphatic rings. The first-order valence-electron chi connectivity index (χ1n) is 6.25. The van der Waals surface area contributed by atoms with Crippen LogP contribution >= 0.6 is 0 Å². The largest absolute Gasteiger partial charge is 0.496 e. The van der Waals surface area contributed by atoms with Gasteiger partial charge in [0, 0.05) is 23.9 Å². The van der Waals surface area contributed by atoms with E-state index in [0.717, 1.165) is 17.7 Å². The molecule has 0 saturated carbocycles. The summed E-state index contributed by atoms with van der Waals surface area (Å²) in [7, 11) is 1.61. The fraction of sp³-hybridized carbons (Fsp3) is 0.333. The molecule has 19 heavy (non-hydrogen) atoms. The molecule has 0 radical (unpaired) electrons. The second kappa shape index (κ2) is 5.57. The van der Waals surface area contributed by atoms with Gasteiger partial charge in [0.1, 0.15) is 5.75 Å². The number of hydrogen-bond donors (Lipinski definition) is 0. The van der Waals surface area contributed by atoms with E-state index in [4.69, 9.17) is 10.00 Å². The Morgan fingerprint density at radius 2 is 2.21 bits per heavy atom. The highest BCUT2D eigenvalue weighted by molar-refractivity contribution is 5.70. The lowest BCUT2D eigenvalue weighted by molar-refractivity contribution is 0.416. The van der Waals surface area contributed by atoms with Crippen molar-refractivity contribution in [1.82, 2.24) is 9.78 Å². The molecule has 1 heterocycles. The van der Waals surface area contributed by atoms with E-state index in [1.54, 1.807) is 19.2 Å². The van der Waals surface area contributed by atoms with Crippen molar-refractivity contribution in [2.45, 2.75) is 20.4 Å².